The van der Waals surface area contributed by atoms with Crippen LogP contribution in [0.1, 0.15) is 37.0 Å². The third-order valence-corrected chi connectivity index (χ3v) is 3.14. The molecule has 0 bridgehead atoms. The van der Waals surface area contributed by atoms with Crippen LogP contribution in [0.5, 0.6) is 0 Å². The number of carbonyl (C=O) groups excluding carboxylic acids is 1. The highest BCUT2D eigenvalue weighted by Crippen LogP contribution is 2.23. The monoisotopic (exact) mass is 330 g/mol. The zero-order chi connectivity index (χ0) is 17.0. The molecule has 118 valence electrons. The number of hydrogen-bond acceptors (Lipinski definition) is 5. The second-order valence-electron chi connectivity index (χ2n) is 5.82. The summed E-state index contributed by atoms with van der Waals surface area (Å²) in [5.74, 6) is -0.375. The van der Waals surface area contributed by atoms with Gasteiger partial charge in [0.1, 0.15) is 11.5 Å². The lowest BCUT2D eigenvalue weighted by Gasteiger charge is -2.11. The number of benzene rings is 1. The summed E-state index contributed by atoms with van der Waals surface area (Å²) >= 11 is 5.86. The summed E-state index contributed by atoms with van der Waals surface area (Å²) in [5.41, 5.74) is 2.98. The van der Waals surface area contributed by atoms with Crippen molar-refractivity contribution in [3.05, 3.63) is 58.2 Å². The molecule has 7 heteroatoms. The fraction of sp³-hybridized carbons (Fsp3) is 0.250. The summed E-state index contributed by atoms with van der Waals surface area (Å²) in [6, 6.07) is 8.32. The first-order chi connectivity index (χ1) is 10.8. The highest BCUT2D eigenvalue weighted by Gasteiger charge is 2.24. The Hall–Kier alpha value is -2.65. The molecule has 0 radical (unpaired) electrons. The fourth-order valence-corrected chi connectivity index (χ4v) is 1.84. The predicted octanol–water partition coefficient (Wildman–Crippen LogP) is 4.15. The van der Waals surface area contributed by atoms with Crippen LogP contribution in [0, 0.1) is 6.57 Å². The van der Waals surface area contributed by atoms with Crippen molar-refractivity contribution in [3.8, 4) is 0 Å². The van der Waals surface area contributed by atoms with Gasteiger partial charge in [0.05, 0.1) is 5.69 Å². The Balaban J connectivity index is 2.20. The lowest BCUT2D eigenvalue weighted by atomic mass is 9.93. The van der Waals surface area contributed by atoms with Gasteiger partial charge in [-0.2, -0.15) is 0 Å². The highest BCUT2D eigenvalue weighted by atomic mass is 35.5. The molecule has 1 N–H and O–H groups in total. The summed E-state index contributed by atoms with van der Waals surface area (Å²) in [7, 11) is 0. The molecule has 2 rings (SSSR count). The number of ketones is 1. The predicted molar refractivity (Wildman–Crippen MR) is 88.6 cm³/mol. The van der Waals surface area contributed by atoms with Crippen LogP contribution < -0.4 is 5.43 Å². The fourth-order valence-electron chi connectivity index (χ4n) is 1.65. The second kappa shape index (κ2) is 6.63. The van der Waals surface area contributed by atoms with Crippen LogP contribution >= 0.6 is 11.6 Å². The molecule has 23 heavy (non-hydrogen) atoms. The molecule has 0 fully saturated rings. The van der Waals surface area contributed by atoms with Gasteiger partial charge in [0.25, 0.3) is 0 Å². The minimum Gasteiger partial charge on any atom is -0.360 e. The van der Waals surface area contributed by atoms with Gasteiger partial charge in [-0.3, -0.25) is 4.79 Å². The van der Waals surface area contributed by atoms with Gasteiger partial charge in [-0.15, -0.1) is 0 Å². The van der Waals surface area contributed by atoms with Crippen molar-refractivity contribution in [2.45, 2.75) is 26.2 Å². The topological polar surface area (TPSA) is 71.8 Å². The van der Waals surface area contributed by atoms with Crippen LogP contribution in [-0.2, 0) is 5.41 Å². The third kappa shape index (κ3) is 4.18. The average molecular weight is 331 g/mol. The normalized spacial score (nSPS) is 11.9. The van der Waals surface area contributed by atoms with Gasteiger partial charge in [-0.05, 0) is 23.3 Å². The second-order valence-corrected chi connectivity index (χ2v) is 6.26. The van der Waals surface area contributed by atoms with E-state index in [1.54, 1.807) is 24.3 Å². The van der Waals surface area contributed by atoms with E-state index < -0.39 is 5.78 Å². The summed E-state index contributed by atoms with van der Waals surface area (Å²) in [5, 5.41) is 8.07. The average Bonchev–Trinajstić information content (AvgIpc) is 2.97. The molecule has 0 unspecified atom stereocenters. The van der Waals surface area contributed by atoms with Crippen LogP contribution in [0.3, 0.4) is 0 Å². The molecule has 1 heterocycles. The Morgan fingerprint density at radius 3 is 2.70 bits per heavy atom. The number of anilines is 1. The highest BCUT2D eigenvalue weighted by molar-refractivity contribution is 6.48. The number of carbonyl (C=O) groups is 1. The molecule has 0 aliphatic rings. The number of Topliss-reactive ketones (excluding diaryl/α,β-unsaturated/α-hetero) is 1. The van der Waals surface area contributed by atoms with E-state index in [0.29, 0.717) is 16.5 Å². The lowest BCUT2D eigenvalue weighted by molar-refractivity contribution is 0.105. The number of nitrogens with one attached hydrogen (secondary N) is 1. The van der Waals surface area contributed by atoms with Crippen molar-refractivity contribution in [1.82, 2.24) is 5.16 Å². The van der Waals surface area contributed by atoms with Crippen molar-refractivity contribution in [3.63, 3.8) is 0 Å². The maximum absolute atomic E-state index is 12.3. The molecular formula is C16H15ClN4O2. The Kier molecular flexibility index (Phi) is 4.82. The van der Waals surface area contributed by atoms with Gasteiger partial charge >= 0.3 is 5.84 Å². The largest absolute Gasteiger partial charge is 0.360 e. The summed E-state index contributed by atoms with van der Waals surface area (Å²) in [6.07, 6.45) is 0. The minimum atomic E-state index is -0.603. The van der Waals surface area contributed by atoms with Crippen LogP contribution in [0.15, 0.2) is 40.0 Å². The van der Waals surface area contributed by atoms with Crippen molar-refractivity contribution < 1.29 is 9.32 Å². The standard InChI is InChI=1S/C16H15ClN4O2/c1-16(2,3)13-9-12(21-23-13)14(22)15(18-4)20-19-11-7-5-6-10(17)8-11/h5-9,19H,1-3H3/b20-15+. The van der Waals surface area contributed by atoms with Gasteiger partial charge in [0.2, 0.25) is 5.78 Å². The minimum absolute atomic E-state index is 0.0533. The Labute approximate surface area is 138 Å². The van der Waals surface area contributed by atoms with E-state index in [9.17, 15) is 4.79 Å². The van der Waals surface area contributed by atoms with Crippen LogP contribution in [-0.4, -0.2) is 16.8 Å². The smallest absolute Gasteiger partial charge is 0.343 e. The Morgan fingerprint density at radius 1 is 1.39 bits per heavy atom. The number of rotatable bonds is 4. The summed E-state index contributed by atoms with van der Waals surface area (Å²) < 4.78 is 5.16. The molecule has 6 nitrogen and oxygen atoms in total. The van der Waals surface area contributed by atoms with Gasteiger partial charge < -0.3 is 9.37 Å². The quantitative estimate of drug-likeness (QED) is 0.300. The number of halogens is 1. The van der Waals surface area contributed by atoms with Gasteiger partial charge in [-0.1, -0.05) is 50.2 Å². The number of nitrogens with zero attached hydrogens (tertiary/aromatic N) is 3. The maximum atomic E-state index is 12.3. The van der Waals surface area contributed by atoms with E-state index in [0.717, 1.165) is 0 Å². The molecule has 0 saturated carbocycles. The van der Waals surface area contributed by atoms with E-state index in [1.165, 1.54) is 6.07 Å². The zero-order valence-electron chi connectivity index (χ0n) is 12.9. The third-order valence-electron chi connectivity index (χ3n) is 2.91. The molecule has 0 saturated heterocycles. The number of hydrogen-bond donors (Lipinski definition) is 1. The van der Waals surface area contributed by atoms with Gasteiger partial charge in [0.15, 0.2) is 0 Å². The lowest BCUT2D eigenvalue weighted by Crippen LogP contribution is -2.13. The van der Waals surface area contributed by atoms with Crippen molar-refractivity contribution in [2.24, 2.45) is 5.10 Å². The first-order valence-electron chi connectivity index (χ1n) is 6.80. The molecule has 1 aromatic heterocycles. The summed E-state index contributed by atoms with van der Waals surface area (Å²) in [4.78, 5) is 15.4. The van der Waals surface area contributed by atoms with Crippen LogP contribution in [0.4, 0.5) is 5.69 Å². The Morgan fingerprint density at radius 2 is 2.13 bits per heavy atom. The number of aromatic nitrogens is 1. The van der Waals surface area contributed by atoms with Crippen molar-refractivity contribution in [1.29, 1.82) is 0 Å². The summed E-state index contributed by atoms with van der Waals surface area (Å²) in [6.45, 7) is 12.9. The Bertz CT molecular complexity index is 797. The van der Waals surface area contributed by atoms with E-state index in [2.05, 4.69) is 20.5 Å². The molecule has 0 aliphatic heterocycles. The first-order valence-corrected chi connectivity index (χ1v) is 7.17. The van der Waals surface area contributed by atoms with Crippen molar-refractivity contribution in [2.75, 3.05) is 5.43 Å². The molecule has 2 aromatic rings. The first kappa shape index (κ1) is 16.7. The molecule has 0 amide bonds. The molecular weight excluding hydrogens is 316 g/mol. The van der Waals surface area contributed by atoms with Crippen LogP contribution in [0.2, 0.25) is 5.02 Å². The maximum Gasteiger partial charge on any atom is 0.343 e. The molecule has 0 spiro atoms. The zero-order valence-corrected chi connectivity index (χ0v) is 13.7. The van der Waals surface area contributed by atoms with E-state index in [-0.39, 0.29) is 16.9 Å². The number of amidine groups is 1. The van der Waals surface area contributed by atoms with E-state index in [1.807, 2.05) is 20.8 Å². The molecule has 0 aliphatic carbocycles. The van der Waals surface area contributed by atoms with E-state index >= 15 is 0 Å². The van der Waals surface area contributed by atoms with Crippen LogP contribution in [0.25, 0.3) is 4.85 Å². The SMILES string of the molecule is [C-]#[N+]/C(=N/Nc1cccc(Cl)c1)C(=O)c1cc(C(C)(C)C)on1. The van der Waals surface area contributed by atoms with Gasteiger partial charge in [0, 0.05) is 16.5 Å². The number of hydrazone groups is 1. The van der Waals surface area contributed by atoms with Crippen molar-refractivity contribution >= 4 is 28.9 Å². The molecule has 1 aromatic carbocycles. The molecule has 0 atom stereocenters. The van der Waals surface area contributed by atoms with E-state index in [4.69, 9.17) is 22.7 Å². The van der Waals surface area contributed by atoms with Gasteiger partial charge in [-0.25, -0.2) is 5.43 Å².